The van der Waals surface area contributed by atoms with Gasteiger partial charge in [0, 0.05) is 18.5 Å². The third kappa shape index (κ3) is 4.56. The fourth-order valence-corrected chi connectivity index (χ4v) is 3.77. The number of Topliss-reactive ketones (excluding diaryl/α,β-unsaturated/α-hetero) is 1. The summed E-state index contributed by atoms with van der Waals surface area (Å²) < 4.78 is 5.28. The SMILES string of the molecule is Cc1cc(C)c(C(=O)COC(=O)[C@H]2CC(=O)N([C@@H](C)c3ccccc3)C2)cc1C. The van der Waals surface area contributed by atoms with Crippen molar-refractivity contribution < 1.29 is 19.1 Å². The molecule has 0 radical (unpaired) electrons. The first kappa shape index (κ1) is 20.8. The van der Waals surface area contributed by atoms with E-state index in [4.69, 9.17) is 4.74 Å². The van der Waals surface area contributed by atoms with Crippen molar-refractivity contribution in [3.8, 4) is 0 Å². The second kappa shape index (κ2) is 8.60. The number of benzene rings is 2. The Morgan fingerprint density at radius 1 is 1.07 bits per heavy atom. The van der Waals surface area contributed by atoms with Crippen LogP contribution < -0.4 is 0 Å². The summed E-state index contributed by atoms with van der Waals surface area (Å²) in [4.78, 5) is 39.1. The van der Waals surface area contributed by atoms with Crippen LogP contribution in [0.4, 0.5) is 0 Å². The van der Waals surface area contributed by atoms with Crippen LogP contribution in [-0.2, 0) is 14.3 Å². The molecule has 5 heteroatoms. The Balaban J connectivity index is 1.60. The largest absolute Gasteiger partial charge is 0.457 e. The van der Waals surface area contributed by atoms with Gasteiger partial charge in [-0.25, -0.2) is 0 Å². The molecule has 1 fully saturated rings. The lowest BCUT2D eigenvalue weighted by Gasteiger charge is -2.25. The Morgan fingerprint density at radius 2 is 1.72 bits per heavy atom. The number of hydrogen-bond acceptors (Lipinski definition) is 4. The number of carbonyl (C=O) groups is 3. The Bertz CT molecular complexity index is 935. The highest BCUT2D eigenvalue weighted by molar-refractivity contribution is 5.99. The summed E-state index contributed by atoms with van der Waals surface area (Å²) in [6.45, 7) is 7.78. The predicted molar refractivity (Wildman–Crippen MR) is 111 cm³/mol. The van der Waals surface area contributed by atoms with E-state index in [1.165, 1.54) is 0 Å². The highest BCUT2D eigenvalue weighted by atomic mass is 16.5. The number of hydrogen-bond donors (Lipinski definition) is 0. The molecular formula is C24H27NO4. The third-order valence-electron chi connectivity index (χ3n) is 5.73. The van der Waals surface area contributed by atoms with E-state index in [1.54, 1.807) is 4.90 Å². The van der Waals surface area contributed by atoms with Gasteiger partial charge in [0.15, 0.2) is 6.61 Å². The van der Waals surface area contributed by atoms with Crippen molar-refractivity contribution in [3.63, 3.8) is 0 Å². The summed E-state index contributed by atoms with van der Waals surface area (Å²) in [6.07, 6.45) is 0.118. The molecule has 1 aliphatic heterocycles. The van der Waals surface area contributed by atoms with Gasteiger partial charge in [-0.3, -0.25) is 14.4 Å². The molecule has 0 unspecified atom stereocenters. The highest BCUT2D eigenvalue weighted by Crippen LogP contribution is 2.29. The lowest BCUT2D eigenvalue weighted by atomic mass is 9.98. The van der Waals surface area contributed by atoms with Crippen LogP contribution in [0.15, 0.2) is 42.5 Å². The molecule has 0 bridgehead atoms. The Morgan fingerprint density at radius 3 is 2.41 bits per heavy atom. The minimum absolute atomic E-state index is 0.0698. The maximum absolute atomic E-state index is 12.5. The minimum Gasteiger partial charge on any atom is -0.457 e. The van der Waals surface area contributed by atoms with E-state index in [0.717, 1.165) is 22.3 Å². The van der Waals surface area contributed by atoms with E-state index < -0.39 is 11.9 Å². The van der Waals surface area contributed by atoms with Crippen molar-refractivity contribution in [1.29, 1.82) is 0 Å². The number of likely N-dealkylation sites (tertiary alicyclic amines) is 1. The molecule has 1 aliphatic rings. The average molecular weight is 393 g/mol. The number of esters is 1. The number of aryl methyl sites for hydroxylation is 3. The average Bonchev–Trinajstić information content (AvgIpc) is 3.10. The van der Waals surface area contributed by atoms with E-state index in [2.05, 4.69) is 0 Å². The lowest BCUT2D eigenvalue weighted by molar-refractivity contribution is -0.147. The molecule has 2 aromatic carbocycles. The monoisotopic (exact) mass is 393 g/mol. The molecule has 0 aliphatic carbocycles. The summed E-state index contributed by atoms with van der Waals surface area (Å²) >= 11 is 0. The van der Waals surface area contributed by atoms with Gasteiger partial charge in [0.25, 0.3) is 0 Å². The molecule has 0 N–H and O–H groups in total. The van der Waals surface area contributed by atoms with Crippen molar-refractivity contribution in [2.24, 2.45) is 5.92 Å². The summed E-state index contributed by atoms with van der Waals surface area (Å²) in [6, 6.07) is 13.4. The number of carbonyl (C=O) groups excluding carboxylic acids is 3. The normalized spacial score (nSPS) is 17.3. The Hall–Kier alpha value is -2.95. The molecule has 3 rings (SSSR count). The highest BCUT2D eigenvalue weighted by Gasteiger charge is 2.38. The summed E-state index contributed by atoms with van der Waals surface area (Å²) in [5, 5.41) is 0. The van der Waals surface area contributed by atoms with Crippen LogP contribution in [-0.4, -0.2) is 35.7 Å². The smallest absolute Gasteiger partial charge is 0.311 e. The summed E-state index contributed by atoms with van der Waals surface area (Å²) in [5.74, 6) is -1.32. The van der Waals surface area contributed by atoms with Gasteiger partial charge in [0.1, 0.15) is 0 Å². The van der Waals surface area contributed by atoms with Crippen LogP contribution >= 0.6 is 0 Å². The molecule has 152 valence electrons. The third-order valence-corrected chi connectivity index (χ3v) is 5.73. The van der Waals surface area contributed by atoms with Gasteiger partial charge in [-0.2, -0.15) is 0 Å². The van der Waals surface area contributed by atoms with Crippen molar-refractivity contribution in [2.75, 3.05) is 13.2 Å². The number of ether oxygens (including phenoxy) is 1. The zero-order chi connectivity index (χ0) is 21.1. The van der Waals surface area contributed by atoms with Gasteiger partial charge in [-0.1, -0.05) is 36.4 Å². The maximum atomic E-state index is 12.5. The summed E-state index contributed by atoms with van der Waals surface area (Å²) in [5.41, 5.74) is 4.61. The van der Waals surface area contributed by atoms with E-state index in [9.17, 15) is 14.4 Å². The number of ketones is 1. The fraction of sp³-hybridized carbons (Fsp3) is 0.375. The van der Waals surface area contributed by atoms with Gasteiger partial charge in [-0.15, -0.1) is 0 Å². The Labute approximate surface area is 171 Å². The van der Waals surface area contributed by atoms with Crippen LogP contribution in [0.5, 0.6) is 0 Å². The first-order valence-corrected chi connectivity index (χ1v) is 9.90. The van der Waals surface area contributed by atoms with Gasteiger partial charge in [0.05, 0.1) is 12.0 Å². The second-order valence-electron chi connectivity index (χ2n) is 7.82. The molecule has 29 heavy (non-hydrogen) atoms. The van der Waals surface area contributed by atoms with Crippen LogP contribution in [0, 0.1) is 26.7 Å². The van der Waals surface area contributed by atoms with Gasteiger partial charge >= 0.3 is 5.97 Å². The van der Waals surface area contributed by atoms with Crippen molar-refractivity contribution in [3.05, 3.63) is 70.3 Å². The van der Waals surface area contributed by atoms with Gasteiger partial charge < -0.3 is 9.64 Å². The quantitative estimate of drug-likeness (QED) is 0.551. The molecule has 1 saturated heterocycles. The molecule has 0 saturated carbocycles. The maximum Gasteiger partial charge on any atom is 0.311 e. The molecule has 2 aromatic rings. The van der Waals surface area contributed by atoms with Crippen molar-refractivity contribution in [2.45, 2.75) is 40.2 Å². The lowest BCUT2D eigenvalue weighted by Crippen LogP contribution is -2.30. The Kier molecular flexibility index (Phi) is 6.16. The van der Waals surface area contributed by atoms with Crippen LogP contribution in [0.1, 0.15) is 52.0 Å². The van der Waals surface area contributed by atoms with Crippen molar-refractivity contribution >= 4 is 17.7 Å². The van der Waals surface area contributed by atoms with Crippen LogP contribution in [0.2, 0.25) is 0 Å². The summed E-state index contributed by atoms with van der Waals surface area (Å²) in [7, 11) is 0. The van der Waals surface area contributed by atoms with E-state index in [1.807, 2.05) is 70.2 Å². The fourth-order valence-electron chi connectivity index (χ4n) is 3.77. The van der Waals surface area contributed by atoms with Crippen LogP contribution in [0.25, 0.3) is 0 Å². The van der Waals surface area contributed by atoms with E-state index in [0.29, 0.717) is 12.1 Å². The molecule has 1 heterocycles. The second-order valence-corrected chi connectivity index (χ2v) is 7.82. The molecule has 0 spiro atoms. The van der Waals surface area contributed by atoms with Gasteiger partial charge in [0.2, 0.25) is 11.7 Å². The number of rotatable bonds is 6. The van der Waals surface area contributed by atoms with Crippen molar-refractivity contribution in [1.82, 2.24) is 4.90 Å². The standard InChI is InChI=1S/C24H27NO4/c1-15-10-17(3)21(11-16(15)2)22(26)14-29-24(28)20-12-23(27)25(13-20)18(4)19-8-6-5-7-9-19/h5-11,18,20H,12-14H2,1-4H3/t18-,20-/m0/s1. The minimum atomic E-state index is -0.540. The van der Waals surface area contributed by atoms with E-state index >= 15 is 0 Å². The number of nitrogens with zero attached hydrogens (tertiary/aromatic N) is 1. The molecule has 2 atom stereocenters. The van der Waals surface area contributed by atoms with E-state index in [-0.39, 0.29) is 30.8 Å². The van der Waals surface area contributed by atoms with Crippen LogP contribution in [0.3, 0.4) is 0 Å². The molecular weight excluding hydrogens is 366 g/mol. The molecule has 0 aromatic heterocycles. The number of amides is 1. The zero-order valence-corrected chi connectivity index (χ0v) is 17.4. The topological polar surface area (TPSA) is 63.7 Å². The first-order valence-electron chi connectivity index (χ1n) is 9.90. The van der Waals surface area contributed by atoms with Gasteiger partial charge in [-0.05, 0) is 56.0 Å². The first-order chi connectivity index (χ1) is 13.8. The molecule has 5 nitrogen and oxygen atoms in total. The predicted octanol–water partition coefficient (Wildman–Crippen LogP) is 3.95. The molecule has 1 amide bonds. The zero-order valence-electron chi connectivity index (χ0n) is 17.4.